The Morgan fingerprint density at radius 3 is 2.52 bits per heavy atom. The number of ether oxygens (including phenoxy) is 2. The zero-order chi connectivity index (χ0) is 18.4. The summed E-state index contributed by atoms with van der Waals surface area (Å²) in [5.74, 6) is -2.65. The van der Waals surface area contributed by atoms with Gasteiger partial charge in [-0.05, 0) is 18.9 Å². The van der Waals surface area contributed by atoms with Crippen molar-refractivity contribution in [3.63, 3.8) is 0 Å². The average molecular weight is 347 g/mol. The molecule has 1 aromatic rings. The number of piperidine rings is 1. The van der Waals surface area contributed by atoms with E-state index in [0.29, 0.717) is 6.42 Å². The highest BCUT2D eigenvalue weighted by molar-refractivity contribution is 6.12. The van der Waals surface area contributed by atoms with E-state index in [1.54, 1.807) is 6.92 Å². The predicted octanol–water partition coefficient (Wildman–Crippen LogP) is 0.799. The van der Waals surface area contributed by atoms with Crippen LogP contribution in [0.3, 0.4) is 0 Å². The van der Waals surface area contributed by atoms with Gasteiger partial charge in [0, 0.05) is 6.42 Å². The number of methoxy groups -OCH3 is 1. The normalized spacial score (nSPS) is 22.9. The zero-order valence-electron chi connectivity index (χ0n) is 14.2. The molecule has 0 spiro atoms. The van der Waals surface area contributed by atoms with Crippen LogP contribution in [0.25, 0.3) is 0 Å². The minimum absolute atomic E-state index is 0.113. The number of esters is 2. The standard InChI is InChI=1S/C18H21NO6/c1-3-25-15(21)11-18(17(23)24-2)10-14(20)13(19-16(18)22)9-12-7-5-4-6-8-12/h4-8,13H,3,9-11H2,1-2H3,(H,19,22)/t13-,18+/m0/s1. The molecule has 1 aromatic carbocycles. The van der Waals surface area contributed by atoms with Crippen LogP contribution in [0.1, 0.15) is 25.3 Å². The molecule has 2 rings (SSSR count). The van der Waals surface area contributed by atoms with Gasteiger partial charge < -0.3 is 14.8 Å². The van der Waals surface area contributed by atoms with E-state index in [0.717, 1.165) is 12.7 Å². The topological polar surface area (TPSA) is 98.8 Å². The maximum absolute atomic E-state index is 12.6. The third-order valence-electron chi connectivity index (χ3n) is 4.21. The lowest BCUT2D eigenvalue weighted by molar-refractivity contribution is -0.170. The summed E-state index contributed by atoms with van der Waals surface area (Å²) < 4.78 is 9.52. The van der Waals surface area contributed by atoms with Crippen molar-refractivity contribution in [3.05, 3.63) is 35.9 Å². The van der Waals surface area contributed by atoms with Crippen molar-refractivity contribution < 1.29 is 28.7 Å². The minimum atomic E-state index is -1.87. The summed E-state index contributed by atoms with van der Waals surface area (Å²) in [6.45, 7) is 1.73. The van der Waals surface area contributed by atoms with E-state index in [1.807, 2.05) is 30.3 Å². The fourth-order valence-corrected chi connectivity index (χ4v) is 2.93. The van der Waals surface area contributed by atoms with Gasteiger partial charge in [-0.25, -0.2) is 0 Å². The fourth-order valence-electron chi connectivity index (χ4n) is 2.93. The summed E-state index contributed by atoms with van der Waals surface area (Å²) in [4.78, 5) is 49.2. The second-order valence-electron chi connectivity index (χ2n) is 5.91. The highest BCUT2D eigenvalue weighted by atomic mass is 16.5. The molecule has 25 heavy (non-hydrogen) atoms. The van der Waals surface area contributed by atoms with E-state index in [9.17, 15) is 19.2 Å². The van der Waals surface area contributed by atoms with Gasteiger partial charge in [-0.1, -0.05) is 30.3 Å². The largest absolute Gasteiger partial charge is 0.468 e. The number of amides is 1. The molecule has 1 amide bonds. The number of rotatable bonds is 6. The molecule has 0 saturated carbocycles. The molecule has 0 aromatic heterocycles. The van der Waals surface area contributed by atoms with E-state index < -0.39 is 35.7 Å². The molecular formula is C18H21NO6. The summed E-state index contributed by atoms with van der Waals surface area (Å²) in [5, 5.41) is 2.57. The van der Waals surface area contributed by atoms with Gasteiger partial charge in [0.15, 0.2) is 11.2 Å². The Bertz CT molecular complexity index is 671. The van der Waals surface area contributed by atoms with Crippen LogP contribution in [-0.4, -0.2) is 43.4 Å². The van der Waals surface area contributed by atoms with E-state index in [2.05, 4.69) is 10.1 Å². The number of carbonyl (C=O) groups is 4. The van der Waals surface area contributed by atoms with Crippen LogP contribution in [0.15, 0.2) is 30.3 Å². The van der Waals surface area contributed by atoms with E-state index in [-0.39, 0.29) is 18.8 Å². The molecule has 1 N–H and O–H groups in total. The molecule has 134 valence electrons. The number of Topliss-reactive ketones (excluding diaryl/α,β-unsaturated/α-hetero) is 1. The van der Waals surface area contributed by atoms with Crippen molar-refractivity contribution in [2.75, 3.05) is 13.7 Å². The highest BCUT2D eigenvalue weighted by Gasteiger charge is 2.55. The van der Waals surface area contributed by atoms with Gasteiger partial charge in [-0.3, -0.25) is 19.2 Å². The number of benzene rings is 1. The van der Waals surface area contributed by atoms with Crippen molar-refractivity contribution in [1.82, 2.24) is 5.32 Å². The molecule has 7 heteroatoms. The fraction of sp³-hybridized carbons (Fsp3) is 0.444. The van der Waals surface area contributed by atoms with Crippen LogP contribution >= 0.6 is 0 Å². The van der Waals surface area contributed by atoms with Gasteiger partial charge in [0.2, 0.25) is 5.91 Å². The number of carbonyl (C=O) groups excluding carboxylic acids is 4. The summed E-state index contributed by atoms with van der Waals surface area (Å²) in [5.41, 5.74) is -0.984. The molecule has 0 bridgehead atoms. The van der Waals surface area contributed by atoms with Crippen LogP contribution in [0.5, 0.6) is 0 Å². The van der Waals surface area contributed by atoms with E-state index >= 15 is 0 Å². The first-order valence-electron chi connectivity index (χ1n) is 8.04. The molecule has 1 heterocycles. The second kappa shape index (κ2) is 7.92. The Morgan fingerprint density at radius 1 is 1.24 bits per heavy atom. The van der Waals surface area contributed by atoms with Crippen molar-refractivity contribution >= 4 is 23.6 Å². The van der Waals surface area contributed by atoms with E-state index in [1.165, 1.54) is 0 Å². The maximum Gasteiger partial charge on any atom is 0.322 e. The Kier molecular flexibility index (Phi) is 5.90. The predicted molar refractivity (Wildman–Crippen MR) is 87.4 cm³/mol. The first kappa shape index (κ1) is 18.6. The monoisotopic (exact) mass is 347 g/mol. The van der Waals surface area contributed by atoms with Crippen LogP contribution in [0, 0.1) is 5.41 Å². The molecule has 0 radical (unpaired) electrons. The number of hydrogen-bond acceptors (Lipinski definition) is 6. The SMILES string of the molecule is CCOC(=O)C[C@]1(C(=O)OC)CC(=O)[C@H](Cc2ccccc2)NC1=O. The van der Waals surface area contributed by atoms with Gasteiger partial charge in [0.1, 0.15) is 0 Å². The van der Waals surface area contributed by atoms with Gasteiger partial charge in [-0.15, -0.1) is 0 Å². The summed E-state index contributed by atoms with van der Waals surface area (Å²) in [6, 6.07) is 8.48. The Morgan fingerprint density at radius 2 is 1.92 bits per heavy atom. The van der Waals surface area contributed by atoms with Gasteiger partial charge in [0.25, 0.3) is 0 Å². The third kappa shape index (κ3) is 4.04. The van der Waals surface area contributed by atoms with Crippen LogP contribution in [-0.2, 0) is 35.1 Å². The molecule has 0 unspecified atom stereocenters. The maximum atomic E-state index is 12.6. The first-order chi connectivity index (χ1) is 11.9. The van der Waals surface area contributed by atoms with Crippen LogP contribution in [0.2, 0.25) is 0 Å². The van der Waals surface area contributed by atoms with Crippen LogP contribution < -0.4 is 5.32 Å². The number of ketones is 1. The number of hydrogen-bond donors (Lipinski definition) is 1. The van der Waals surface area contributed by atoms with Gasteiger partial charge in [-0.2, -0.15) is 0 Å². The molecule has 0 aliphatic carbocycles. The Balaban J connectivity index is 2.21. The molecule has 1 saturated heterocycles. The summed E-state index contributed by atoms with van der Waals surface area (Å²) in [6.07, 6.45) is -0.590. The molecule has 1 aliphatic heterocycles. The van der Waals surface area contributed by atoms with Crippen LogP contribution in [0.4, 0.5) is 0 Å². The lowest BCUT2D eigenvalue weighted by Gasteiger charge is -2.35. The van der Waals surface area contributed by atoms with E-state index in [4.69, 9.17) is 4.74 Å². The minimum Gasteiger partial charge on any atom is -0.468 e. The Hall–Kier alpha value is -2.70. The second-order valence-corrected chi connectivity index (χ2v) is 5.91. The smallest absolute Gasteiger partial charge is 0.322 e. The highest BCUT2D eigenvalue weighted by Crippen LogP contribution is 2.34. The number of nitrogens with one attached hydrogen (secondary N) is 1. The van der Waals surface area contributed by atoms with Crippen molar-refractivity contribution in [1.29, 1.82) is 0 Å². The van der Waals surface area contributed by atoms with Gasteiger partial charge in [0.05, 0.1) is 26.2 Å². The lowest BCUT2D eigenvalue weighted by atomic mass is 9.74. The summed E-state index contributed by atoms with van der Waals surface area (Å²) in [7, 11) is 1.11. The molecule has 1 aliphatic rings. The molecule has 7 nitrogen and oxygen atoms in total. The molecule has 2 atom stereocenters. The quantitative estimate of drug-likeness (QED) is 0.604. The summed E-state index contributed by atoms with van der Waals surface area (Å²) >= 11 is 0. The first-order valence-corrected chi connectivity index (χ1v) is 8.04. The van der Waals surface area contributed by atoms with Crippen molar-refractivity contribution in [2.45, 2.75) is 32.2 Å². The van der Waals surface area contributed by atoms with Crippen molar-refractivity contribution in [3.8, 4) is 0 Å². The Labute approximate surface area is 145 Å². The molecular weight excluding hydrogens is 326 g/mol. The average Bonchev–Trinajstić information content (AvgIpc) is 2.59. The lowest BCUT2D eigenvalue weighted by Crippen LogP contribution is -2.60. The van der Waals surface area contributed by atoms with Crippen molar-refractivity contribution in [2.24, 2.45) is 5.41 Å². The van der Waals surface area contributed by atoms with Gasteiger partial charge >= 0.3 is 11.9 Å². The third-order valence-corrected chi connectivity index (χ3v) is 4.21. The molecule has 1 fully saturated rings. The zero-order valence-corrected chi connectivity index (χ0v) is 14.2.